The zero-order valence-corrected chi connectivity index (χ0v) is 5.20. The fourth-order valence-corrected chi connectivity index (χ4v) is 0.990. The van der Waals surface area contributed by atoms with Gasteiger partial charge in [-0.05, 0) is 6.92 Å². The first-order valence-corrected chi connectivity index (χ1v) is 3.03. The van der Waals surface area contributed by atoms with Crippen molar-refractivity contribution in [1.29, 1.82) is 0 Å². The van der Waals surface area contributed by atoms with Crippen molar-refractivity contribution in [2.45, 2.75) is 6.92 Å². The van der Waals surface area contributed by atoms with Gasteiger partial charge in [-0.3, -0.25) is 5.21 Å². The number of nitrogens with zero attached hydrogens (tertiary/aromatic N) is 1. The molecule has 0 atom stereocenters. The minimum Gasteiger partial charge on any atom is -0.289 e. The van der Waals surface area contributed by atoms with Gasteiger partial charge in [0.2, 0.25) is 5.13 Å². The maximum absolute atomic E-state index is 8.25. The molecule has 8 heavy (non-hydrogen) atoms. The highest BCUT2D eigenvalue weighted by molar-refractivity contribution is 7.13. The van der Waals surface area contributed by atoms with Crippen LogP contribution in [0.5, 0.6) is 0 Å². The number of hydrogen-bond acceptors (Lipinski definition) is 4. The monoisotopic (exact) mass is 130 g/mol. The van der Waals surface area contributed by atoms with Crippen LogP contribution in [0.2, 0.25) is 0 Å². The molecule has 1 heterocycles. The first-order valence-electron chi connectivity index (χ1n) is 2.15. The van der Waals surface area contributed by atoms with Crippen molar-refractivity contribution in [2.24, 2.45) is 0 Å². The van der Waals surface area contributed by atoms with Crippen LogP contribution in [-0.2, 0) is 0 Å². The SMILES string of the molecule is Cc1csc(NO)n1. The van der Waals surface area contributed by atoms with Gasteiger partial charge in [-0.15, -0.1) is 11.3 Å². The largest absolute Gasteiger partial charge is 0.289 e. The molecule has 1 aromatic heterocycles. The second-order valence-electron chi connectivity index (χ2n) is 1.41. The number of rotatable bonds is 1. The summed E-state index contributed by atoms with van der Waals surface area (Å²) in [4.78, 5) is 3.89. The van der Waals surface area contributed by atoms with E-state index in [2.05, 4.69) is 4.98 Å². The van der Waals surface area contributed by atoms with Gasteiger partial charge in [0.15, 0.2) is 0 Å². The van der Waals surface area contributed by atoms with Gasteiger partial charge in [-0.25, -0.2) is 10.5 Å². The van der Waals surface area contributed by atoms with E-state index < -0.39 is 0 Å². The lowest BCUT2D eigenvalue weighted by Crippen LogP contribution is -1.86. The molecule has 0 unspecified atom stereocenters. The molecule has 44 valence electrons. The van der Waals surface area contributed by atoms with Crippen LogP contribution in [0.1, 0.15) is 5.69 Å². The van der Waals surface area contributed by atoms with Crippen LogP contribution >= 0.6 is 11.3 Å². The van der Waals surface area contributed by atoms with Gasteiger partial charge in [0.25, 0.3) is 0 Å². The fraction of sp³-hybridized carbons (Fsp3) is 0.250. The first-order chi connectivity index (χ1) is 3.83. The Morgan fingerprint density at radius 3 is 2.88 bits per heavy atom. The Balaban J connectivity index is 2.84. The molecule has 0 radical (unpaired) electrons. The summed E-state index contributed by atoms with van der Waals surface area (Å²) in [6, 6.07) is 0. The van der Waals surface area contributed by atoms with Crippen LogP contribution in [0, 0.1) is 6.92 Å². The Morgan fingerprint density at radius 1 is 1.88 bits per heavy atom. The molecule has 1 aromatic rings. The van der Waals surface area contributed by atoms with Crippen molar-refractivity contribution in [3.8, 4) is 0 Å². The van der Waals surface area contributed by atoms with Gasteiger partial charge >= 0.3 is 0 Å². The number of hydrogen-bond donors (Lipinski definition) is 2. The number of thiazole rings is 1. The Bertz CT molecular complexity index is 174. The molecular weight excluding hydrogens is 124 g/mol. The molecule has 0 aliphatic carbocycles. The summed E-state index contributed by atoms with van der Waals surface area (Å²) in [7, 11) is 0. The minimum atomic E-state index is 0.544. The smallest absolute Gasteiger partial charge is 0.206 e. The molecular formula is C4H6N2OS. The predicted molar refractivity (Wildman–Crippen MR) is 32.3 cm³/mol. The number of aryl methyl sites for hydroxylation is 1. The van der Waals surface area contributed by atoms with Gasteiger partial charge in [0, 0.05) is 5.38 Å². The molecule has 1 rings (SSSR count). The van der Waals surface area contributed by atoms with Crippen molar-refractivity contribution in [2.75, 3.05) is 5.48 Å². The topological polar surface area (TPSA) is 45.1 Å². The van der Waals surface area contributed by atoms with E-state index in [0.29, 0.717) is 5.13 Å². The van der Waals surface area contributed by atoms with Crippen LogP contribution in [0.25, 0.3) is 0 Å². The molecule has 3 nitrogen and oxygen atoms in total. The molecule has 0 aliphatic rings. The lowest BCUT2D eigenvalue weighted by molar-refractivity contribution is 0.388. The molecule has 0 saturated heterocycles. The highest BCUT2D eigenvalue weighted by Gasteiger charge is 1.91. The zero-order chi connectivity index (χ0) is 5.98. The van der Waals surface area contributed by atoms with Crippen molar-refractivity contribution in [3.63, 3.8) is 0 Å². The third kappa shape index (κ3) is 0.962. The van der Waals surface area contributed by atoms with Crippen molar-refractivity contribution in [1.82, 2.24) is 4.98 Å². The summed E-state index contributed by atoms with van der Waals surface area (Å²) in [6.07, 6.45) is 0. The van der Waals surface area contributed by atoms with E-state index in [-0.39, 0.29) is 0 Å². The quantitative estimate of drug-likeness (QED) is 0.562. The molecule has 0 aliphatic heterocycles. The minimum absolute atomic E-state index is 0.544. The summed E-state index contributed by atoms with van der Waals surface area (Å²) >= 11 is 1.38. The Hall–Kier alpha value is -0.610. The van der Waals surface area contributed by atoms with Crippen LogP contribution in [0.3, 0.4) is 0 Å². The third-order valence-corrected chi connectivity index (χ3v) is 1.58. The molecule has 2 N–H and O–H groups in total. The maximum Gasteiger partial charge on any atom is 0.206 e. The predicted octanol–water partition coefficient (Wildman–Crippen LogP) is 1.25. The van der Waals surface area contributed by atoms with Gasteiger partial charge < -0.3 is 0 Å². The Morgan fingerprint density at radius 2 is 2.62 bits per heavy atom. The van der Waals surface area contributed by atoms with Crippen molar-refractivity contribution >= 4 is 16.5 Å². The summed E-state index contributed by atoms with van der Waals surface area (Å²) in [5.41, 5.74) is 2.88. The second kappa shape index (κ2) is 2.11. The van der Waals surface area contributed by atoms with Crippen molar-refractivity contribution < 1.29 is 5.21 Å². The lowest BCUT2D eigenvalue weighted by atomic mass is 10.6. The van der Waals surface area contributed by atoms with E-state index in [4.69, 9.17) is 5.21 Å². The van der Waals surface area contributed by atoms with Gasteiger partial charge in [0.05, 0.1) is 5.69 Å². The van der Waals surface area contributed by atoms with Crippen LogP contribution < -0.4 is 5.48 Å². The van der Waals surface area contributed by atoms with E-state index in [0.717, 1.165) is 5.69 Å². The normalized spacial score (nSPS) is 9.25. The van der Waals surface area contributed by atoms with E-state index in [1.54, 1.807) is 0 Å². The highest BCUT2D eigenvalue weighted by Crippen LogP contribution is 2.12. The van der Waals surface area contributed by atoms with Gasteiger partial charge in [-0.1, -0.05) is 0 Å². The van der Waals surface area contributed by atoms with E-state index in [9.17, 15) is 0 Å². The highest BCUT2D eigenvalue weighted by atomic mass is 32.1. The molecule has 0 aromatic carbocycles. The van der Waals surface area contributed by atoms with Crippen molar-refractivity contribution in [3.05, 3.63) is 11.1 Å². The van der Waals surface area contributed by atoms with Crippen LogP contribution in [0.15, 0.2) is 5.38 Å². The number of nitrogens with one attached hydrogen (secondary N) is 1. The standard InChI is InChI=1S/C4H6N2OS/c1-3-2-8-4(5-3)6-7/h2,7H,1H3,(H,5,6). The summed E-state index contributed by atoms with van der Waals surface area (Å²) in [5.74, 6) is 0. The van der Waals surface area contributed by atoms with Crippen LogP contribution in [0.4, 0.5) is 5.13 Å². The number of anilines is 1. The second-order valence-corrected chi connectivity index (χ2v) is 2.26. The van der Waals surface area contributed by atoms with E-state index in [1.807, 2.05) is 17.8 Å². The van der Waals surface area contributed by atoms with Crippen LogP contribution in [-0.4, -0.2) is 10.2 Å². The fourth-order valence-electron chi connectivity index (χ4n) is 0.405. The molecule has 0 saturated carbocycles. The zero-order valence-electron chi connectivity index (χ0n) is 4.38. The average molecular weight is 130 g/mol. The maximum atomic E-state index is 8.25. The summed E-state index contributed by atoms with van der Waals surface area (Å²) in [5, 5.41) is 10.7. The average Bonchev–Trinajstić information content (AvgIpc) is 2.14. The van der Waals surface area contributed by atoms with E-state index in [1.165, 1.54) is 11.3 Å². The lowest BCUT2D eigenvalue weighted by Gasteiger charge is -1.83. The molecule has 4 heteroatoms. The first kappa shape index (κ1) is 5.53. The number of aromatic nitrogens is 1. The molecule has 0 amide bonds. The molecule has 0 fully saturated rings. The Kier molecular flexibility index (Phi) is 1.45. The van der Waals surface area contributed by atoms with E-state index >= 15 is 0 Å². The Labute approximate surface area is 51.0 Å². The summed E-state index contributed by atoms with van der Waals surface area (Å²) in [6.45, 7) is 1.87. The third-order valence-electron chi connectivity index (χ3n) is 0.715. The summed E-state index contributed by atoms with van der Waals surface area (Å²) < 4.78 is 0. The van der Waals surface area contributed by atoms with Gasteiger partial charge in [-0.2, -0.15) is 0 Å². The molecule has 0 bridgehead atoms. The molecule has 0 spiro atoms. The van der Waals surface area contributed by atoms with Gasteiger partial charge in [0.1, 0.15) is 0 Å².